The van der Waals surface area contributed by atoms with Crippen LogP contribution in [0.2, 0.25) is 15.1 Å². The maximum atomic E-state index is 11.6. The number of ether oxygens (including phenoxy) is 1. The van der Waals surface area contributed by atoms with Gasteiger partial charge in [-0.1, -0.05) is 34.8 Å². The van der Waals surface area contributed by atoms with Gasteiger partial charge < -0.3 is 10.1 Å². The number of nitrogens with zero attached hydrogens (tertiary/aromatic N) is 3. The Labute approximate surface area is 169 Å². The van der Waals surface area contributed by atoms with Crippen LogP contribution >= 0.6 is 34.8 Å². The number of rotatable bonds is 5. The predicted molar refractivity (Wildman–Crippen MR) is 105 cm³/mol. The van der Waals surface area contributed by atoms with E-state index >= 15 is 0 Å². The number of benzene rings is 2. The molecule has 7 nitrogen and oxygen atoms in total. The fourth-order valence-corrected chi connectivity index (χ4v) is 2.66. The SMILES string of the molecule is Cc1cc(Oc2ncnc(Nc3cc(Cl)ccc3Cl)c2[N+](=O)[O-])ccc1Cl. The summed E-state index contributed by atoms with van der Waals surface area (Å²) in [5.41, 5.74) is 0.676. The lowest BCUT2D eigenvalue weighted by Gasteiger charge is -2.11. The van der Waals surface area contributed by atoms with Crippen LogP contribution < -0.4 is 10.1 Å². The highest BCUT2D eigenvalue weighted by Crippen LogP contribution is 2.37. The van der Waals surface area contributed by atoms with Crippen LogP contribution in [0.1, 0.15) is 5.56 Å². The molecule has 0 aliphatic rings. The van der Waals surface area contributed by atoms with Crippen molar-refractivity contribution in [2.75, 3.05) is 5.32 Å². The molecule has 2 aromatic carbocycles. The molecule has 0 fully saturated rings. The summed E-state index contributed by atoms with van der Waals surface area (Å²) < 4.78 is 5.59. The van der Waals surface area contributed by atoms with Crippen LogP contribution in [0.3, 0.4) is 0 Å². The maximum Gasteiger partial charge on any atom is 0.373 e. The molecule has 0 radical (unpaired) electrons. The van der Waals surface area contributed by atoms with Gasteiger partial charge in [0.1, 0.15) is 12.1 Å². The van der Waals surface area contributed by atoms with Crippen LogP contribution in [0.15, 0.2) is 42.7 Å². The summed E-state index contributed by atoms with van der Waals surface area (Å²) in [6.07, 6.45) is 1.14. The second kappa shape index (κ2) is 7.96. The Balaban J connectivity index is 2.00. The standard InChI is InChI=1S/C17H11Cl3N4O3/c1-9-6-11(3-5-12(9)19)27-17-15(24(25)26)16(21-8-22-17)23-14-7-10(18)2-4-13(14)20/h2-8H,1H3,(H,21,22,23). The lowest BCUT2D eigenvalue weighted by molar-refractivity contribution is -0.385. The largest absolute Gasteiger partial charge is 0.434 e. The predicted octanol–water partition coefficient (Wildman–Crippen LogP) is 6.19. The van der Waals surface area contributed by atoms with Gasteiger partial charge in [0.15, 0.2) is 0 Å². The van der Waals surface area contributed by atoms with E-state index in [0.29, 0.717) is 26.5 Å². The summed E-state index contributed by atoms with van der Waals surface area (Å²) in [6, 6.07) is 9.55. The molecule has 0 bridgehead atoms. The summed E-state index contributed by atoms with van der Waals surface area (Å²) in [7, 11) is 0. The van der Waals surface area contributed by atoms with Gasteiger partial charge >= 0.3 is 11.6 Å². The molecule has 138 valence electrons. The molecule has 3 rings (SSSR count). The lowest BCUT2D eigenvalue weighted by Crippen LogP contribution is -2.04. The number of halogens is 3. The minimum absolute atomic E-state index is 0.0835. The highest BCUT2D eigenvalue weighted by atomic mass is 35.5. The molecule has 0 amide bonds. The third-order valence-corrected chi connectivity index (χ3v) is 4.49. The number of aryl methyl sites for hydroxylation is 1. The van der Waals surface area contributed by atoms with Crippen LogP contribution in [0, 0.1) is 17.0 Å². The summed E-state index contributed by atoms with van der Waals surface area (Å²) in [5.74, 6) is 0.0441. The first kappa shape index (κ1) is 19.2. The number of anilines is 2. The molecular weight excluding hydrogens is 415 g/mol. The second-order valence-corrected chi connectivity index (χ2v) is 6.65. The topological polar surface area (TPSA) is 90.2 Å². The molecule has 0 saturated heterocycles. The first-order chi connectivity index (χ1) is 12.8. The zero-order valence-corrected chi connectivity index (χ0v) is 16.0. The quantitative estimate of drug-likeness (QED) is 0.387. The summed E-state index contributed by atoms with van der Waals surface area (Å²) in [4.78, 5) is 18.8. The number of aromatic nitrogens is 2. The van der Waals surface area contributed by atoms with Crippen LogP contribution in [-0.4, -0.2) is 14.9 Å². The van der Waals surface area contributed by atoms with Gasteiger partial charge in [-0.2, -0.15) is 4.98 Å². The number of nitro groups is 1. The molecule has 0 aliphatic heterocycles. The Morgan fingerprint density at radius 3 is 2.52 bits per heavy atom. The number of hydrogen-bond acceptors (Lipinski definition) is 6. The maximum absolute atomic E-state index is 11.6. The molecule has 0 saturated carbocycles. The van der Waals surface area contributed by atoms with E-state index < -0.39 is 10.6 Å². The highest BCUT2D eigenvalue weighted by Gasteiger charge is 2.26. The first-order valence-electron chi connectivity index (χ1n) is 7.50. The van der Waals surface area contributed by atoms with Gasteiger partial charge in [0.2, 0.25) is 5.82 Å². The molecule has 27 heavy (non-hydrogen) atoms. The van der Waals surface area contributed by atoms with Crippen molar-refractivity contribution in [1.82, 2.24) is 9.97 Å². The zero-order chi connectivity index (χ0) is 19.6. The van der Waals surface area contributed by atoms with Crippen molar-refractivity contribution in [2.24, 2.45) is 0 Å². The monoisotopic (exact) mass is 424 g/mol. The molecule has 1 N–H and O–H groups in total. The summed E-state index contributed by atoms with van der Waals surface area (Å²) in [5, 5.41) is 15.7. The van der Waals surface area contributed by atoms with Crippen molar-refractivity contribution in [3.63, 3.8) is 0 Å². The molecule has 0 unspecified atom stereocenters. The normalized spacial score (nSPS) is 10.5. The third-order valence-electron chi connectivity index (χ3n) is 3.50. The molecule has 1 aromatic heterocycles. The van der Waals surface area contributed by atoms with Crippen LogP contribution in [0.5, 0.6) is 11.6 Å². The van der Waals surface area contributed by atoms with Gasteiger partial charge in [-0.05, 0) is 48.9 Å². The highest BCUT2D eigenvalue weighted by molar-refractivity contribution is 6.35. The summed E-state index contributed by atoms with van der Waals surface area (Å²) >= 11 is 18.0. The molecule has 0 spiro atoms. The Kier molecular flexibility index (Phi) is 5.65. The van der Waals surface area contributed by atoms with Gasteiger partial charge in [0.25, 0.3) is 0 Å². The van der Waals surface area contributed by atoms with Gasteiger partial charge in [-0.25, -0.2) is 4.98 Å². The Morgan fingerprint density at radius 2 is 1.81 bits per heavy atom. The smallest absolute Gasteiger partial charge is 0.373 e. The first-order valence-corrected chi connectivity index (χ1v) is 8.64. The van der Waals surface area contributed by atoms with Crippen molar-refractivity contribution >= 4 is 52.0 Å². The van der Waals surface area contributed by atoms with E-state index in [1.165, 1.54) is 6.07 Å². The third kappa shape index (κ3) is 4.39. The zero-order valence-electron chi connectivity index (χ0n) is 13.7. The van der Waals surface area contributed by atoms with Crippen molar-refractivity contribution in [3.05, 3.63) is 73.5 Å². The van der Waals surface area contributed by atoms with Crippen LogP contribution in [0.4, 0.5) is 17.2 Å². The Morgan fingerprint density at radius 1 is 1.07 bits per heavy atom. The molecule has 0 aliphatic carbocycles. The van der Waals surface area contributed by atoms with E-state index in [9.17, 15) is 10.1 Å². The van der Waals surface area contributed by atoms with Gasteiger partial charge in [0.05, 0.1) is 15.6 Å². The van der Waals surface area contributed by atoms with E-state index in [0.717, 1.165) is 11.9 Å². The lowest BCUT2D eigenvalue weighted by atomic mass is 10.2. The Bertz CT molecular complexity index is 1030. The van der Waals surface area contributed by atoms with Crippen molar-refractivity contribution in [2.45, 2.75) is 6.92 Å². The molecular formula is C17H11Cl3N4O3. The second-order valence-electron chi connectivity index (χ2n) is 5.40. The van der Waals surface area contributed by atoms with E-state index in [-0.39, 0.29) is 11.7 Å². The minimum atomic E-state index is -0.640. The minimum Gasteiger partial charge on any atom is -0.434 e. The van der Waals surface area contributed by atoms with Gasteiger partial charge in [-0.3, -0.25) is 10.1 Å². The van der Waals surface area contributed by atoms with Gasteiger partial charge in [0, 0.05) is 10.0 Å². The van der Waals surface area contributed by atoms with Crippen molar-refractivity contribution < 1.29 is 9.66 Å². The Hall–Kier alpha value is -2.61. The van der Waals surface area contributed by atoms with Gasteiger partial charge in [-0.15, -0.1) is 0 Å². The average Bonchev–Trinajstić information content (AvgIpc) is 2.61. The van der Waals surface area contributed by atoms with Crippen LogP contribution in [0.25, 0.3) is 0 Å². The van der Waals surface area contributed by atoms with Crippen molar-refractivity contribution in [1.29, 1.82) is 0 Å². The van der Waals surface area contributed by atoms with Crippen molar-refractivity contribution in [3.8, 4) is 11.6 Å². The average molecular weight is 426 g/mol. The van der Waals surface area contributed by atoms with Crippen LogP contribution in [-0.2, 0) is 0 Å². The number of nitrogens with one attached hydrogen (secondary N) is 1. The van der Waals surface area contributed by atoms with E-state index in [1.54, 1.807) is 37.3 Å². The molecule has 1 heterocycles. The molecule has 10 heteroatoms. The summed E-state index contributed by atoms with van der Waals surface area (Å²) in [6.45, 7) is 1.79. The fraction of sp³-hybridized carbons (Fsp3) is 0.0588. The number of hydrogen-bond donors (Lipinski definition) is 1. The van der Waals surface area contributed by atoms with E-state index in [1.807, 2.05) is 0 Å². The van der Waals surface area contributed by atoms with E-state index in [4.69, 9.17) is 39.5 Å². The molecule has 3 aromatic rings. The molecule has 0 atom stereocenters. The fourth-order valence-electron chi connectivity index (χ4n) is 2.21. The van der Waals surface area contributed by atoms with E-state index in [2.05, 4.69) is 15.3 Å².